The summed E-state index contributed by atoms with van der Waals surface area (Å²) in [7, 11) is 1.47. The zero-order chi connectivity index (χ0) is 10.4. The van der Waals surface area contributed by atoms with Gasteiger partial charge in [0.05, 0.1) is 18.5 Å². The molecular weight excluding hydrogens is 174 g/mol. The van der Waals surface area contributed by atoms with Gasteiger partial charge in [0.15, 0.2) is 0 Å². The lowest BCUT2D eigenvalue weighted by Crippen LogP contribution is -2.35. The maximum atomic E-state index is 11.1. The first-order valence-corrected chi connectivity index (χ1v) is 3.88. The molecule has 0 saturated heterocycles. The standard InChI is InChI=1S/C8H15NO4/c1-6(11)3-8(13)9(2)4-7(12)5-10/h3,7,10-12H,4-5H2,1-2H3. The smallest absolute Gasteiger partial charge is 0.249 e. The summed E-state index contributed by atoms with van der Waals surface area (Å²) in [6.45, 7) is 1.03. The van der Waals surface area contributed by atoms with E-state index >= 15 is 0 Å². The van der Waals surface area contributed by atoms with Gasteiger partial charge in [0.2, 0.25) is 5.91 Å². The van der Waals surface area contributed by atoms with Crippen molar-refractivity contribution in [3.63, 3.8) is 0 Å². The third kappa shape index (κ3) is 5.21. The fourth-order valence-electron chi connectivity index (χ4n) is 0.753. The number of aliphatic hydroxyl groups is 3. The van der Waals surface area contributed by atoms with E-state index in [-0.39, 0.29) is 18.9 Å². The second kappa shape index (κ2) is 5.55. The zero-order valence-electron chi connectivity index (χ0n) is 7.77. The molecule has 0 fully saturated rings. The molecule has 5 heteroatoms. The number of amides is 1. The van der Waals surface area contributed by atoms with Crippen LogP contribution in [-0.2, 0) is 4.79 Å². The number of allylic oxidation sites excluding steroid dienone is 1. The van der Waals surface area contributed by atoms with Gasteiger partial charge in [-0.15, -0.1) is 0 Å². The molecular formula is C8H15NO4. The van der Waals surface area contributed by atoms with Crippen LogP contribution >= 0.6 is 0 Å². The number of carbonyl (C=O) groups is 1. The quantitative estimate of drug-likeness (QED) is 0.402. The summed E-state index contributed by atoms with van der Waals surface area (Å²) in [5.74, 6) is -0.497. The number of hydrogen-bond acceptors (Lipinski definition) is 4. The van der Waals surface area contributed by atoms with E-state index in [1.165, 1.54) is 18.9 Å². The third-order valence-corrected chi connectivity index (χ3v) is 1.40. The Labute approximate surface area is 76.9 Å². The number of likely N-dealkylation sites (N-methyl/N-ethyl adjacent to an activating group) is 1. The minimum atomic E-state index is -0.943. The summed E-state index contributed by atoms with van der Waals surface area (Å²) in [5, 5.41) is 26.2. The Bertz CT molecular complexity index is 198. The van der Waals surface area contributed by atoms with Gasteiger partial charge in [0, 0.05) is 19.7 Å². The highest BCUT2D eigenvalue weighted by Gasteiger charge is 2.10. The van der Waals surface area contributed by atoms with Crippen molar-refractivity contribution in [2.24, 2.45) is 0 Å². The summed E-state index contributed by atoms with van der Waals surface area (Å²) in [5.41, 5.74) is 0. The molecule has 0 aromatic heterocycles. The number of rotatable bonds is 4. The van der Waals surface area contributed by atoms with Crippen LogP contribution in [0, 0.1) is 0 Å². The Morgan fingerprint density at radius 1 is 1.62 bits per heavy atom. The van der Waals surface area contributed by atoms with E-state index in [0.29, 0.717) is 0 Å². The Balaban J connectivity index is 4.04. The van der Waals surface area contributed by atoms with E-state index in [2.05, 4.69) is 0 Å². The number of hydrogen-bond donors (Lipinski definition) is 3. The van der Waals surface area contributed by atoms with Crippen molar-refractivity contribution in [1.82, 2.24) is 4.90 Å². The summed E-state index contributed by atoms with van der Waals surface area (Å²) in [4.78, 5) is 12.3. The Morgan fingerprint density at radius 3 is 2.54 bits per heavy atom. The third-order valence-electron chi connectivity index (χ3n) is 1.40. The first-order chi connectivity index (χ1) is 5.97. The van der Waals surface area contributed by atoms with Crippen LogP contribution in [0.4, 0.5) is 0 Å². The molecule has 76 valence electrons. The van der Waals surface area contributed by atoms with Crippen LogP contribution in [-0.4, -0.2) is 52.4 Å². The fourth-order valence-corrected chi connectivity index (χ4v) is 0.753. The Hall–Kier alpha value is -1.07. The highest BCUT2D eigenvalue weighted by molar-refractivity contribution is 5.87. The lowest BCUT2D eigenvalue weighted by molar-refractivity contribution is -0.126. The first kappa shape index (κ1) is 11.9. The number of carbonyl (C=O) groups excluding carboxylic acids is 1. The van der Waals surface area contributed by atoms with Gasteiger partial charge in [0.25, 0.3) is 0 Å². The molecule has 5 nitrogen and oxygen atoms in total. The molecule has 0 aromatic carbocycles. The van der Waals surface area contributed by atoms with Crippen molar-refractivity contribution < 1.29 is 20.1 Å². The average Bonchev–Trinajstić information content (AvgIpc) is 2.02. The van der Waals surface area contributed by atoms with Gasteiger partial charge in [-0.25, -0.2) is 0 Å². The molecule has 0 aromatic rings. The molecule has 1 atom stereocenters. The van der Waals surface area contributed by atoms with Gasteiger partial charge >= 0.3 is 0 Å². The van der Waals surface area contributed by atoms with E-state index in [1.54, 1.807) is 0 Å². The average molecular weight is 189 g/mol. The lowest BCUT2D eigenvalue weighted by atomic mass is 10.3. The number of nitrogens with zero attached hydrogens (tertiary/aromatic N) is 1. The van der Waals surface area contributed by atoms with E-state index in [4.69, 9.17) is 15.3 Å². The van der Waals surface area contributed by atoms with Crippen molar-refractivity contribution in [1.29, 1.82) is 0 Å². The molecule has 0 rings (SSSR count). The predicted octanol–water partition coefficient (Wildman–Crippen LogP) is -0.740. The Kier molecular flexibility index (Phi) is 5.10. The van der Waals surface area contributed by atoms with Crippen LogP contribution < -0.4 is 0 Å². The summed E-state index contributed by atoms with van der Waals surface area (Å²) < 4.78 is 0. The normalized spacial score (nSPS) is 14.0. The van der Waals surface area contributed by atoms with Crippen LogP contribution in [0.5, 0.6) is 0 Å². The first-order valence-electron chi connectivity index (χ1n) is 3.88. The zero-order valence-corrected chi connectivity index (χ0v) is 7.77. The molecule has 0 spiro atoms. The number of aliphatic hydroxyl groups excluding tert-OH is 3. The van der Waals surface area contributed by atoms with Crippen molar-refractivity contribution in [2.75, 3.05) is 20.2 Å². The Morgan fingerprint density at radius 2 is 2.15 bits per heavy atom. The van der Waals surface area contributed by atoms with Crippen molar-refractivity contribution in [3.05, 3.63) is 11.8 Å². The maximum absolute atomic E-state index is 11.1. The lowest BCUT2D eigenvalue weighted by Gasteiger charge is -2.17. The van der Waals surface area contributed by atoms with E-state index in [0.717, 1.165) is 6.08 Å². The largest absolute Gasteiger partial charge is 0.512 e. The van der Waals surface area contributed by atoms with Crippen LogP contribution in [0.25, 0.3) is 0 Å². The molecule has 1 unspecified atom stereocenters. The van der Waals surface area contributed by atoms with E-state index in [1.807, 2.05) is 0 Å². The molecule has 0 aliphatic carbocycles. The van der Waals surface area contributed by atoms with Crippen molar-refractivity contribution in [3.8, 4) is 0 Å². The molecule has 1 amide bonds. The van der Waals surface area contributed by atoms with Crippen LogP contribution in [0.2, 0.25) is 0 Å². The van der Waals surface area contributed by atoms with Gasteiger partial charge in [-0.3, -0.25) is 4.79 Å². The highest BCUT2D eigenvalue weighted by atomic mass is 16.3. The SMILES string of the molecule is CC(O)=CC(=O)N(C)CC(O)CO. The van der Waals surface area contributed by atoms with Gasteiger partial charge in [0.1, 0.15) is 0 Å². The molecule has 0 aliphatic heterocycles. The van der Waals surface area contributed by atoms with Gasteiger partial charge < -0.3 is 20.2 Å². The second-order valence-corrected chi connectivity index (χ2v) is 2.84. The summed E-state index contributed by atoms with van der Waals surface area (Å²) in [6, 6.07) is 0. The van der Waals surface area contributed by atoms with Crippen LogP contribution in [0.15, 0.2) is 11.8 Å². The van der Waals surface area contributed by atoms with Crippen LogP contribution in [0.3, 0.4) is 0 Å². The topological polar surface area (TPSA) is 81.0 Å². The van der Waals surface area contributed by atoms with E-state index in [9.17, 15) is 4.79 Å². The van der Waals surface area contributed by atoms with Crippen molar-refractivity contribution >= 4 is 5.91 Å². The van der Waals surface area contributed by atoms with Gasteiger partial charge in [-0.2, -0.15) is 0 Å². The van der Waals surface area contributed by atoms with Gasteiger partial charge in [-0.05, 0) is 6.92 Å². The molecule has 0 aliphatic rings. The predicted molar refractivity (Wildman–Crippen MR) is 47.1 cm³/mol. The van der Waals surface area contributed by atoms with Gasteiger partial charge in [-0.1, -0.05) is 0 Å². The summed E-state index contributed by atoms with van der Waals surface area (Å²) in [6.07, 6.45) is 0.103. The molecule has 0 radical (unpaired) electrons. The molecule has 13 heavy (non-hydrogen) atoms. The second-order valence-electron chi connectivity index (χ2n) is 2.84. The van der Waals surface area contributed by atoms with E-state index < -0.39 is 12.0 Å². The van der Waals surface area contributed by atoms with Crippen LogP contribution in [0.1, 0.15) is 6.92 Å². The monoisotopic (exact) mass is 189 g/mol. The fraction of sp³-hybridized carbons (Fsp3) is 0.625. The minimum absolute atomic E-state index is 0.0408. The van der Waals surface area contributed by atoms with Crippen molar-refractivity contribution in [2.45, 2.75) is 13.0 Å². The summed E-state index contributed by atoms with van der Waals surface area (Å²) >= 11 is 0. The maximum Gasteiger partial charge on any atom is 0.249 e. The molecule has 0 saturated carbocycles. The molecule has 0 heterocycles. The highest BCUT2D eigenvalue weighted by Crippen LogP contribution is 1.93. The minimum Gasteiger partial charge on any atom is -0.512 e. The molecule has 0 bridgehead atoms. The molecule has 3 N–H and O–H groups in total.